The van der Waals surface area contributed by atoms with Gasteiger partial charge in [0.1, 0.15) is 11.2 Å². The second-order valence-electron chi connectivity index (χ2n) is 13.3. The molecule has 8 aliphatic carbocycles. The molecule has 8 fully saturated rings. The lowest BCUT2D eigenvalue weighted by molar-refractivity contribution is -0.221. The van der Waals surface area contributed by atoms with E-state index in [-0.39, 0.29) is 11.8 Å². The second-order valence-corrected chi connectivity index (χ2v) is 14.7. The van der Waals surface area contributed by atoms with Crippen molar-refractivity contribution in [2.24, 2.45) is 40.9 Å². The largest absolute Gasteiger partial charge is 0.509 e. The minimum Gasteiger partial charge on any atom is -0.460 e. The third kappa shape index (κ3) is 4.08. The van der Waals surface area contributed by atoms with Gasteiger partial charge in [-0.3, -0.25) is 4.55 Å². The van der Waals surface area contributed by atoms with Gasteiger partial charge >= 0.3 is 27.5 Å². The van der Waals surface area contributed by atoms with Crippen LogP contribution in [0.5, 0.6) is 0 Å². The molecular formula is C26H36F2O8S. The summed E-state index contributed by atoms with van der Waals surface area (Å²) in [7, 11) is -5.93. The minimum absolute atomic E-state index is 0.191. The molecule has 2 atom stereocenters. The Morgan fingerprint density at radius 2 is 1.43 bits per heavy atom. The van der Waals surface area contributed by atoms with Crippen LogP contribution in [-0.2, 0) is 29.1 Å². The normalized spacial score (nSPS) is 45.6. The molecule has 0 aromatic rings. The second kappa shape index (κ2) is 8.26. The van der Waals surface area contributed by atoms with Crippen molar-refractivity contribution in [3.63, 3.8) is 0 Å². The molecule has 0 radical (unpaired) electrons. The predicted octanol–water partition coefficient (Wildman–Crippen LogP) is 5.11. The van der Waals surface area contributed by atoms with Gasteiger partial charge in [-0.15, -0.1) is 0 Å². The molecule has 11 heteroatoms. The maximum atomic E-state index is 13.7. The van der Waals surface area contributed by atoms with Crippen molar-refractivity contribution in [3.8, 4) is 0 Å². The summed E-state index contributed by atoms with van der Waals surface area (Å²) in [4.78, 5) is 25.2. The topological polar surface area (TPSA) is 116 Å². The number of hydrogen-bond acceptors (Lipinski definition) is 7. The monoisotopic (exact) mass is 546 g/mol. The standard InChI is InChI=1S/C26H36F2O8S/c1-2-25(19-5-15-3-16(7-19)8-20(25)6-15)36-22(30)35-24-11-17-4-18(12-24)10-23(9-17,13-24)14-34-21(29)26(27,28)37(31,32)33/h15-20H,2-14H2,1H3,(H,31,32,33). The maximum absolute atomic E-state index is 13.7. The van der Waals surface area contributed by atoms with Crippen LogP contribution in [0.4, 0.5) is 13.6 Å². The number of alkyl halides is 2. The SMILES string of the molecule is CCC1(OC(=O)OC23CC4CC(CC(COC(=O)C(F)(F)S(=O)(=O)O)(C4)C2)C3)C2CC3CC(C2)CC1C3. The Labute approximate surface area is 215 Å². The highest BCUT2D eigenvalue weighted by atomic mass is 32.2. The van der Waals surface area contributed by atoms with Crippen LogP contribution in [0.1, 0.15) is 84.0 Å². The molecule has 8 bridgehead atoms. The maximum Gasteiger partial charge on any atom is 0.509 e. The van der Waals surface area contributed by atoms with Gasteiger partial charge < -0.3 is 14.2 Å². The molecule has 8 saturated carbocycles. The quantitative estimate of drug-likeness (QED) is 0.346. The predicted molar refractivity (Wildman–Crippen MR) is 125 cm³/mol. The Morgan fingerprint density at radius 1 is 0.892 bits per heavy atom. The first-order valence-corrected chi connectivity index (χ1v) is 15.2. The Kier molecular flexibility index (Phi) is 5.75. The highest BCUT2D eigenvalue weighted by Crippen LogP contribution is 2.64. The van der Waals surface area contributed by atoms with E-state index in [1.54, 1.807) is 0 Å². The molecule has 0 saturated heterocycles. The highest BCUT2D eigenvalue weighted by Gasteiger charge is 2.63. The summed E-state index contributed by atoms with van der Waals surface area (Å²) in [6.45, 7) is 1.68. The first-order valence-electron chi connectivity index (χ1n) is 13.7. The van der Waals surface area contributed by atoms with Crippen LogP contribution < -0.4 is 0 Å². The van der Waals surface area contributed by atoms with Crippen LogP contribution in [0, 0.1) is 40.9 Å². The molecule has 2 unspecified atom stereocenters. The van der Waals surface area contributed by atoms with Gasteiger partial charge in [-0.05, 0) is 113 Å². The lowest BCUT2D eigenvalue weighted by Gasteiger charge is -2.61. The van der Waals surface area contributed by atoms with E-state index in [1.165, 1.54) is 6.42 Å². The summed E-state index contributed by atoms with van der Waals surface area (Å²) in [5, 5.41) is -5.03. The number of ether oxygens (including phenoxy) is 3. The van der Waals surface area contributed by atoms with E-state index in [9.17, 15) is 26.8 Å². The number of carbonyl (C=O) groups excluding carboxylic acids is 2. The zero-order valence-electron chi connectivity index (χ0n) is 21.1. The lowest BCUT2D eigenvalue weighted by Crippen LogP contribution is -2.61. The van der Waals surface area contributed by atoms with Gasteiger partial charge in [0.15, 0.2) is 0 Å². The summed E-state index contributed by atoms with van der Waals surface area (Å²) in [6.07, 6.45) is 9.67. The van der Waals surface area contributed by atoms with Gasteiger partial charge in [0.05, 0.1) is 6.61 Å². The zero-order valence-corrected chi connectivity index (χ0v) is 21.9. The van der Waals surface area contributed by atoms with E-state index >= 15 is 0 Å². The van der Waals surface area contributed by atoms with Crippen LogP contribution in [0.3, 0.4) is 0 Å². The fraction of sp³-hybridized carbons (Fsp3) is 0.923. The van der Waals surface area contributed by atoms with Crippen LogP contribution >= 0.6 is 0 Å². The fourth-order valence-corrected chi connectivity index (χ4v) is 10.5. The first-order chi connectivity index (χ1) is 17.3. The van der Waals surface area contributed by atoms with Gasteiger partial charge in [0.25, 0.3) is 0 Å². The molecule has 0 spiro atoms. The molecule has 8 rings (SSSR count). The zero-order chi connectivity index (χ0) is 26.4. The number of rotatable bonds is 7. The molecule has 0 heterocycles. The number of halogens is 2. The van der Waals surface area contributed by atoms with E-state index in [0.717, 1.165) is 50.4 Å². The van der Waals surface area contributed by atoms with Crippen molar-refractivity contribution in [1.29, 1.82) is 0 Å². The Balaban J connectivity index is 1.16. The minimum atomic E-state index is -5.93. The third-order valence-corrected chi connectivity index (χ3v) is 11.7. The Bertz CT molecular complexity index is 1050. The number of carbonyl (C=O) groups is 2. The fourth-order valence-electron chi connectivity index (χ4n) is 10.2. The van der Waals surface area contributed by atoms with Crippen LogP contribution in [0.2, 0.25) is 0 Å². The summed E-state index contributed by atoms with van der Waals surface area (Å²) in [6, 6.07) is 0. The lowest BCUT2D eigenvalue weighted by atomic mass is 9.48. The Morgan fingerprint density at radius 3 is 1.95 bits per heavy atom. The van der Waals surface area contributed by atoms with E-state index < -0.39 is 50.7 Å². The van der Waals surface area contributed by atoms with Gasteiger partial charge in [-0.25, -0.2) is 9.59 Å². The van der Waals surface area contributed by atoms with Gasteiger partial charge in [-0.2, -0.15) is 17.2 Å². The molecule has 8 aliphatic rings. The van der Waals surface area contributed by atoms with Crippen molar-refractivity contribution in [2.75, 3.05) is 6.61 Å². The van der Waals surface area contributed by atoms with E-state index in [1.807, 2.05) is 0 Å². The molecule has 0 aromatic carbocycles. The molecule has 1 N–H and O–H groups in total. The molecule has 0 amide bonds. The molecule has 0 aliphatic heterocycles. The number of esters is 1. The average Bonchev–Trinajstić information content (AvgIpc) is 2.77. The van der Waals surface area contributed by atoms with E-state index in [0.29, 0.717) is 43.9 Å². The van der Waals surface area contributed by atoms with Gasteiger partial charge in [0.2, 0.25) is 0 Å². The molecule has 208 valence electrons. The van der Waals surface area contributed by atoms with E-state index in [4.69, 9.17) is 18.8 Å². The van der Waals surface area contributed by atoms with Crippen molar-refractivity contribution >= 4 is 22.2 Å². The summed E-state index contributed by atoms with van der Waals surface area (Å²) in [5.74, 6) is 0.307. The summed E-state index contributed by atoms with van der Waals surface area (Å²) < 4.78 is 75.3. The van der Waals surface area contributed by atoms with Crippen molar-refractivity contribution in [1.82, 2.24) is 0 Å². The first kappa shape index (κ1) is 25.8. The van der Waals surface area contributed by atoms with Gasteiger partial charge in [0, 0.05) is 5.41 Å². The van der Waals surface area contributed by atoms with Crippen molar-refractivity contribution in [2.45, 2.75) is 100 Å². The molecule has 0 aromatic heterocycles. The average molecular weight is 547 g/mol. The Hall–Kier alpha value is -1.49. The van der Waals surface area contributed by atoms with Crippen molar-refractivity contribution < 1.29 is 45.6 Å². The highest BCUT2D eigenvalue weighted by molar-refractivity contribution is 7.87. The van der Waals surface area contributed by atoms with E-state index in [2.05, 4.69) is 6.92 Å². The van der Waals surface area contributed by atoms with Gasteiger partial charge in [-0.1, -0.05) is 6.92 Å². The summed E-state index contributed by atoms with van der Waals surface area (Å²) in [5.41, 5.74) is -1.97. The molecular weight excluding hydrogens is 510 g/mol. The molecule has 8 nitrogen and oxygen atoms in total. The van der Waals surface area contributed by atoms with Crippen LogP contribution in [0.15, 0.2) is 0 Å². The van der Waals surface area contributed by atoms with Crippen molar-refractivity contribution in [3.05, 3.63) is 0 Å². The van der Waals surface area contributed by atoms with Crippen LogP contribution in [-0.4, -0.2) is 48.2 Å². The van der Waals surface area contributed by atoms with Crippen LogP contribution in [0.25, 0.3) is 0 Å². The third-order valence-electron chi connectivity index (χ3n) is 10.8. The number of hydrogen-bond donors (Lipinski definition) is 1. The smallest absolute Gasteiger partial charge is 0.460 e. The molecule has 37 heavy (non-hydrogen) atoms. The summed E-state index contributed by atoms with van der Waals surface area (Å²) >= 11 is 0.